The van der Waals surface area contributed by atoms with Gasteiger partial charge >= 0.3 is 0 Å². The molecule has 5 heteroatoms. The van der Waals surface area contributed by atoms with Crippen molar-refractivity contribution in [1.82, 2.24) is 5.32 Å². The highest BCUT2D eigenvalue weighted by molar-refractivity contribution is 14.1. The number of alkyl halides is 1. The molecule has 0 saturated heterocycles. The van der Waals surface area contributed by atoms with Gasteiger partial charge in [-0.3, -0.25) is 4.79 Å². The van der Waals surface area contributed by atoms with E-state index in [1.165, 1.54) is 0 Å². The molecule has 0 aliphatic carbocycles. The van der Waals surface area contributed by atoms with Gasteiger partial charge in [0.1, 0.15) is 0 Å². The summed E-state index contributed by atoms with van der Waals surface area (Å²) < 4.78 is 1.89. The summed E-state index contributed by atoms with van der Waals surface area (Å²) in [6, 6.07) is 5.70. The fourth-order valence-corrected chi connectivity index (χ4v) is 2.26. The summed E-state index contributed by atoms with van der Waals surface area (Å²) in [6.07, 6.45) is 0. The SMILES string of the molecule is CC(CBr)CNC(=O)c1cc(Br)ccc1I. The highest BCUT2D eigenvalue weighted by Crippen LogP contribution is 2.18. The summed E-state index contributed by atoms with van der Waals surface area (Å²) in [5, 5.41) is 3.81. The lowest BCUT2D eigenvalue weighted by atomic mass is 10.2. The molecule has 0 saturated carbocycles. The molecule has 0 aliphatic heterocycles. The summed E-state index contributed by atoms with van der Waals surface area (Å²) in [5.74, 6) is 0.423. The van der Waals surface area contributed by atoms with E-state index in [0.717, 1.165) is 18.9 Å². The van der Waals surface area contributed by atoms with Crippen molar-refractivity contribution >= 4 is 60.4 Å². The summed E-state index contributed by atoms with van der Waals surface area (Å²) >= 11 is 8.92. The van der Waals surface area contributed by atoms with Gasteiger partial charge in [0, 0.05) is 19.9 Å². The monoisotopic (exact) mass is 459 g/mol. The highest BCUT2D eigenvalue weighted by atomic mass is 127. The Hall–Kier alpha value is 0.380. The second kappa shape index (κ2) is 6.96. The lowest BCUT2D eigenvalue weighted by Crippen LogP contribution is -2.29. The average Bonchev–Trinajstić information content (AvgIpc) is 2.28. The first kappa shape index (κ1) is 14.4. The van der Waals surface area contributed by atoms with E-state index in [4.69, 9.17) is 0 Å². The molecular weight excluding hydrogens is 449 g/mol. The van der Waals surface area contributed by atoms with E-state index < -0.39 is 0 Å². The summed E-state index contributed by atoms with van der Waals surface area (Å²) in [5.41, 5.74) is 0.719. The molecule has 0 bridgehead atoms. The molecule has 0 fully saturated rings. The zero-order chi connectivity index (χ0) is 12.1. The molecule has 1 aromatic rings. The Balaban J connectivity index is 2.69. The zero-order valence-electron chi connectivity index (χ0n) is 8.77. The van der Waals surface area contributed by atoms with Crippen LogP contribution in [0.2, 0.25) is 0 Å². The molecule has 2 nitrogen and oxygen atoms in total. The third-order valence-electron chi connectivity index (χ3n) is 2.05. The van der Waals surface area contributed by atoms with Crippen molar-refractivity contribution in [2.75, 3.05) is 11.9 Å². The van der Waals surface area contributed by atoms with E-state index in [1.807, 2.05) is 18.2 Å². The molecule has 1 atom stereocenters. The third-order valence-corrected chi connectivity index (χ3v) is 4.59. The molecule has 1 unspecified atom stereocenters. The van der Waals surface area contributed by atoms with Gasteiger partial charge < -0.3 is 5.32 Å². The van der Waals surface area contributed by atoms with Crippen LogP contribution in [-0.4, -0.2) is 17.8 Å². The summed E-state index contributed by atoms with van der Waals surface area (Å²) in [7, 11) is 0. The van der Waals surface area contributed by atoms with Crippen LogP contribution in [-0.2, 0) is 0 Å². The van der Waals surface area contributed by atoms with Gasteiger partial charge in [-0.25, -0.2) is 0 Å². The first-order valence-electron chi connectivity index (χ1n) is 4.83. The number of nitrogens with one attached hydrogen (secondary N) is 1. The van der Waals surface area contributed by atoms with E-state index in [0.29, 0.717) is 12.5 Å². The fraction of sp³-hybridized carbons (Fsp3) is 0.364. The number of benzene rings is 1. The Labute approximate surface area is 126 Å². The molecule has 1 amide bonds. The number of amides is 1. The Morgan fingerprint density at radius 2 is 2.25 bits per heavy atom. The molecule has 0 radical (unpaired) electrons. The second-order valence-corrected chi connectivity index (χ2v) is 6.32. The van der Waals surface area contributed by atoms with Gasteiger partial charge in [-0.2, -0.15) is 0 Å². The molecule has 16 heavy (non-hydrogen) atoms. The first-order chi connectivity index (χ1) is 7.54. The van der Waals surface area contributed by atoms with Gasteiger partial charge in [-0.1, -0.05) is 38.8 Å². The fourth-order valence-electron chi connectivity index (χ4n) is 1.09. The first-order valence-corrected chi connectivity index (χ1v) is 7.83. The number of carbonyl (C=O) groups excluding carboxylic acids is 1. The van der Waals surface area contributed by atoms with E-state index in [1.54, 1.807) is 0 Å². The number of carbonyl (C=O) groups is 1. The van der Waals surface area contributed by atoms with Crippen LogP contribution in [0, 0.1) is 9.49 Å². The topological polar surface area (TPSA) is 29.1 Å². The second-order valence-electron chi connectivity index (χ2n) is 3.59. The van der Waals surface area contributed by atoms with Gasteiger partial charge in [0.2, 0.25) is 0 Å². The largest absolute Gasteiger partial charge is 0.352 e. The van der Waals surface area contributed by atoms with Gasteiger partial charge in [-0.05, 0) is 46.7 Å². The Morgan fingerprint density at radius 3 is 2.88 bits per heavy atom. The van der Waals surface area contributed by atoms with Gasteiger partial charge in [0.15, 0.2) is 0 Å². The molecule has 1 rings (SSSR count). The van der Waals surface area contributed by atoms with E-state index >= 15 is 0 Å². The van der Waals surface area contributed by atoms with Crippen molar-refractivity contribution < 1.29 is 4.79 Å². The van der Waals surface area contributed by atoms with Gasteiger partial charge in [0.25, 0.3) is 5.91 Å². The molecule has 1 N–H and O–H groups in total. The third kappa shape index (κ3) is 4.33. The summed E-state index contributed by atoms with van der Waals surface area (Å²) in [4.78, 5) is 11.9. The quantitative estimate of drug-likeness (QED) is 0.537. The van der Waals surface area contributed by atoms with Crippen LogP contribution in [0.3, 0.4) is 0 Å². The maximum atomic E-state index is 11.9. The van der Waals surface area contributed by atoms with E-state index in [9.17, 15) is 4.79 Å². The van der Waals surface area contributed by atoms with Crippen molar-refractivity contribution in [2.24, 2.45) is 5.92 Å². The van der Waals surface area contributed by atoms with Crippen molar-refractivity contribution in [2.45, 2.75) is 6.92 Å². The van der Waals surface area contributed by atoms with Gasteiger partial charge in [0.05, 0.1) is 5.56 Å². The predicted octanol–water partition coefficient (Wildman–Crippen LogP) is 3.81. The Morgan fingerprint density at radius 1 is 1.56 bits per heavy atom. The Bertz CT molecular complexity index is 384. The van der Waals surface area contributed by atoms with Gasteiger partial charge in [-0.15, -0.1) is 0 Å². The number of rotatable bonds is 4. The van der Waals surface area contributed by atoms with E-state index in [2.05, 4.69) is 66.7 Å². The van der Waals surface area contributed by atoms with Crippen LogP contribution in [0.4, 0.5) is 0 Å². The number of halogens is 3. The van der Waals surface area contributed by atoms with Crippen LogP contribution in [0.25, 0.3) is 0 Å². The molecule has 88 valence electrons. The average molecular weight is 461 g/mol. The van der Waals surface area contributed by atoms with Crippen LogP contribution >= 0.6 is 54.5 Å². The standard InChI is InChI=1S/C11H12Br2INO/c1-7(5-12)6-15-11(16)9-4-8(13)2-3-10(9)14/h2-4,7H,5-6H2,1H3,(H,15,16). The molecule has 0 aliphatic rings. The predicted molar refractivity (Wildman–Crippen MR) is 82.2 cm³/mol. The molecular formula is C11H12Br2INO. The minimum absolute atomic E-state index is 0.0153. The van der Waals surface area contributed by atoms with Crippen LogP contribution in [0.15, 0.2) is 22.7 Å². The highest BCUT2D eigenvalue weighted by Gasteiger charge is 2.11. The number of hydrogen-bond acceptors (Lipinski definition) is 1. The van der Waals surface area contributed by atoms with Crippen LogP contribution in [0.5, 0.6) is 0 Å². The normalized spacial score (nSPS) is 12.2. The molecule has 0 spiro atoms. The summed E-state index contributed by atoms with van der Waals surface area (Å²) in [6.45, 7) is 2.77. The van der Waals surface area contributed by atoms with Crippen molar-refractivity contribution in [3.63, 3.8) is 0 Å². The van der Waals surface area contributed by atoms with Crippen molar-refractivity contribution in [1.29, 1.82) is 0 Å². The number of hydrogen-bond donors (Lipinski definition) is 1. The lowest BCUT2D eigenvalue weighted by Gasteiger charge is -2.10. The smallest absolute Gasteiger partial charge is 0.252 e. The van der Waals surface area contributed by atoms with Crippen LogP contribution in [0.1, 0.15) is 17.3 Å². The maximum Gasteiger partial charge on any atom is 0.252 e. The lowest BCUT2D eigenvalue weighted by molar-refractivity contribution is 0.0948. The van der Waals surface area contributed by atoms with Crippen molar-refractivity contribution in [3.05, 3.63) is 31.8 Å². The minimum atomic E-state index is -0.0153. The molecule has 1 aromatic carbocycles. The van der Waals surface area contributed by atoms with Crippen LogP contribution < -0.4 is 5.32 Å². The minimum Gasteiger partial charge on any atom is -0.352 e. The molecule has 0 heterocycles. The zero-order valence-corrected chi connectivity index (χ0v) is 14.1. The maximum absolute atomic E-state index is 11.9. The van der Waals surface area contributed by atoms with Crippen molar-refractivity contribution in [3.8, 4) is 0 Å². The Kier molecular flexibility index (Phi) is 6.28. The molecule has 0 aromatic heterocycles. The van der Waals surface area contributed by atoms with E-state index in [-0.39, 0.29) is 5.91 Å².